The molecular formula is C21H21N3OS. The Morgan fingerprint density at radius 1 is 0.962 bits per heavy atom. The average molecular weight is 363 g/mol. The number of nitrogens with zero attached hydrogens (tertiary/aromatic N) is 3. The lowest BCUT2D eigenvalue weighted by Gasteiger charge is -2.08. The van der Waals surface area contributed by atoms with Crippen LogP contribution in [0.4, 0.5) is 0 Å². The summed E-state index contributed by atoms with van der Waals surface area (Å²) in [5.41, 5.74) is 2.64. The van der Waals surface area contributed by atoms with Gasteiger partial charge in [0.05, 0.1) is 23.2 Å². The number of hydrogen-bond donors (Lipinski definition) is 0. The molecule has 3 aromatic rings. The van der Waals surface area contributed by atoms with Gasteiger partial charge in [0.25, 0.3) is 0 Å². The van der Waals surface area contributed by atoms with Crippen LogP contribution in [0.25, 0.3) is 34.9 Å². The van der Waals surface area contributed by atoms with Crippen molar-refractivity contribution in [2.45, 2.75) is 18.9 Å². The predicted octanol–water partition coefficient (Wildman–Crippen LogP) is 3.54. The molecule has 0 atom stereocenters. The molecule has 3 rings (SSSR count). The van der Waals surface area contributed by atoms with Crippen molar-refractivity contribution in [1.82, 2.24) is 15.0 Å². The molecule has 0 unspecified atom stereocenters. The molecule has 0 saturated carbocycles. The summed E-state index contributed by atoms with van der Waals surface area (Å²) in [7, 11) is 1.67. The molecule has 2 heterocycles. The quantitative estimate of drug-likeness (QED) is 0.664. The number of thioether (sulfide) groups is 1. The topological polar surface area (TPSA) is 47.9 Å². The summed E-state index contributed by atoms with van der Waals surface area (Å²) in [4.78, 5) is 14.2. The van der Waals surface area contributed by atoms with Gasteiger partial charge in [0, 0.05) is 10.8 Å². The highest BCUT2D eigenvalue weighted by molar-refractivity contribution is 7.98. The van der Waals surface area contributed by atoms with E-state index in [1.165, 1.54) is 0 Å². The van der Waals surface area contributed by atoms with Gasteiger partial charge < -0.3 is 4.74 Å². The van der Waals surface area contributed by atoms with Crippen LogP contribution in [0.1, 0.15) is 13.8 Å². The lowest BCUT2D eigenvalue weighted by atomic mass is 10.1. The first-order chi connectivity index (χ1) is 12.7. The second-order valence-corrected chi connectivity index (χ2v) is 6.40. The van der Waals surface area contributed by atoms with Gasteiger partial charge in [0.15, 0.2) is 5.82 Å². The van der Waals surface area contributed by atoms with Crippen molar-refractivity contribution in [1.29, 1.82) is 0 Å². The molecule has 0 N–H and O–H groups in total. The van der Waals surface area contributed by atoms with E-state index in [0.29, 0.717) is 5.82 Å². The van der Waals surface area contributed by atoms with Crippen molar-refractivity contribution in [2.75, 3.05) is 13.4 Å². The summed E-state index contributed by atoms with van der Waals surface area (Å²) in [6.07, 6.45) is 6.05. The summed E-state index contributed by atoms with van der Waals surface area (Å²) < 4.78 is 5.38. The van der Waals surface area contributed by atoms with Crippen LogP contribution in [0.3, 0.4) is 0 Å². The SMILES string of the molecule is C/C=c1/c(-c2cccc(OC)c2)nc(-c2cccc(SC)n2)n/c1=C/C. The van der Waals surface area contributed by atoms with E-state index >= 15 is 0 Å². The molecule has 4 nitrogen and oxygen atoms in total. The van der Waals surface area contributed by atoms with E-state index in [-0.39, 0.29) is 0 Å². The first-order valence-corrected chi connectivity index (χ1v) is 9.59. The van der Waals surface area contributed by atoms with Gasteiger partial charge in [-0.25, -0.2) is 15.0 Å². The number of methoxy groups -OCH3 is 1. The molecule has 2 aromatic heterocycles. The monoisotopic (exact) mass is 363 g/mol. The molecule has 0 aliphatic rings. The van der Waals surface area contributed by atoms with E-state index in [2.05, 4.69) is 4.98 Å². The van der Waals surface area contributed by atoms with Gasteiger partial charge in [-0.05, 0) is 44.4 Å². The number of hydrogen-bond acceptors (Lipinski definition) is 5. The Morgan fingerprint density at radius 3 is 2.46 bits per heavy atom. The third-order valence-corrected chi connectivity index (χ3v) is 4.69. The first kappa shape index (κ1) is 18.1. The van der Waals surface area contributed by atoms with Crippen LogP contribution < -0.4 is 15.3 Å². The normalized spacial score (nSPS) is 12.5. The van der Waals surface area contributed by atoms with E-state index in [4.69, 9.17) is 14.7 Å². The summed E-state index contributed by atoms with van der Waals surface area (Å²) in [5, 5.41) is 2.85. The largest absolute Gasteiger partial charge is 0.497 e. The van der Waals surface area contributed by atoms with Crippen LogP contribution in [0.15, 0.2) is 47.5 Å². The van der Waals surface area contributed by atoms with Crippen molar-refractivity contribution < 1.29 is 4.74 Å². The van der Waals surface area contributed by atoms with Gasteiger partial charge in [-0.15, -0.1) is 11.8 Å². The molecule has 0 saturated heterocycles. The zero-order valence-corrected chi connectivity index (χ0v) is 16.2. The van der Waals surface area contributed by atoms with Gasteiger partial charge in [-0.1, -0.05) is 30.4 Å². The Kier molecular flexibility index (Phi) is 5.68. The number of rotatable bonds is 4. The Labute approximate surface area is 157 Å². The minimum atomic E-state index is 0.623. The third-order valence-electron chi connectivity index (χ3n) is 4.04. The van der Waals surface area contributed by atoms with Crippen molar-refractivity contribution in [3.05, 3.63) is 53.0 Å². The number of benzene rings is 1. The second kappa shape index (κ2) is 8.15. The van der Waals surface area contributed by atoms with Crippen LogP contribution in [-0.4, -0.2) is 28.3 Å². The maximum Gasteiger partial charge on any atom is 0.179 e. The maximum atomic E-state index is 5.38. The molecule has 0 fully saturated rings. The van der Waals surface area contributed by atoms with Crippen LogP contribution >= 0.6 is 11.8 Å². The van der Waals surface area contributed by atoms with E-state index in [9.17, 15) is 0 Å². The maximum absolute atomic E-state index is 5.38. The molecule has 0 aliphatic carbocycles. The lowest BCUT2D eigenvalue weighted by molar-refractivity contribution is 0.415. The standard InChI is InChI=1S/C21H21N3OS/c1-5-16-17(6-2)23-21(18-11-8-12-19(22-18)26-4)24-20(16)14-9-7-10-15(13-14)25-3/h5-13H,1-4H3/b16-5+,17-6+. The lowest BCUT2D eigenvalue weighted by Crippen LogP contribution is -2.31. The minimum Gasteiger partial charge on any atom is -0.497 e. The Bertz CT molecular complexity index is 1050. The Hall–Kier alpha value is -2.66. The highest BCUT2D eigenvalue weighted by Gasteiger charge is 2.11. The van der Waals surface area contributed by atoms with Crippen LogP contribution in [0, 0.1) is 0 Å². The van der Waals surface area contributed by atoms with E-state index < -0.39 is 0 Å². The van der Waals surface area contributed by atoms with E-state index in [1.54, 1.807) is 18.9 Å². The number of ether oxygens (including phenoxy) is 1. The van der Waals surface area contributed by atoms with E-state index in [0.717, 1.165) is 38.3 Å². The van der Waals surface area contributed by atoms with Crippen molar-refractivity contribution >= 4 is 23.9 Å². The zero-order valence-electron chi connectivity index (χ0n) is 15.4. The van der Waals surface area contributed by atoms with Gasteiger partial charge in [0.2, 0.25) is 0 Å². The molecule has 26 heavy (non-hydrogen) atoms. The molecule has 0 aliphatic heterocycles. The van der Waals surface area contributed by atoms with Gasteiger partial charge in [0.1, 0.15) is 11.4 Å². The highest BCUT2D eigenvalue weighted by Crippen LogP contribution is 2.22. The molecule has 132 valence electrons. The Balaban J connectivity index is 2.29. The van der Waals surface area contributed by atoms with Crippen molar-refractivity contribution in [3.8, 4) is 28.5 Å². The molecule has 0 bridgehead atoms. The van der Waals surface area contributed by atoms with Gasteiger partial charge in [-0.3, -0.25) is 0 Å². The summed E-state index contributed by atoms with van der Waals surface area (Å²) in [5.74, 6) is 1.42. The molecule has 5 heteroatoms. The fourth-order valence-corrected chi connectivity index (χ4v) is 3.15. The third kappa shape index (κ3) is 3.63. The molecule has 0 radical (unpaired) electrons. The molecular weight excluding hydrogens is 342 g/mol. The predicted molar refractivity (Wildman–Crippen MR) is 109 cm³/mol. The summed E-state index contributed by atoms with van der Waals surface area (Å²) in [6, 6.07) is 13.8. The molecule has 0 amide bonds. The van der Waals surface area contributed by atoms with E-state index in [1.807, 2.05) is 74.7 Å². The molecule has 1 aromatic carbocycles. The fourth-order valence-electron chi connectivity index (χ4n) is 2.75. The smallest absolute Gasteiger partial charge is 0.179 e. The Morgan fingerprint density at radius 2 is 1.77 bits per heavy atom. The second-order valence-electron chi connectivity index (χ2n) is 5.57. The van der Waals surface area contributed by atoms with Gasteiger partial charge >= 0.3 is 0 Å². The van der Waals surface area contributed by atoms with Crippen LogP contribution in [0.2, 0.25) is 0 Å². The first-order valence-electron chi connectivity index (χ1n) is 8.36. The highest BCUT2D eigenvalue weighted by atomic mass is 32.2. The van der Waals surface area contributed by atoms with Crippen LogP contribution in [-0.2, 0) is 0 Å². The molecule has 0 spiro atoms. The van der Waals surface area contributed by atoms with Crippen molar-refractivity contribution in [3.63, 3.8) is 0 Å². The minimum absolute atomic E-state index is 0.623. The van der Waals surface area contributed by atoms with Crippen LogP contribution in [0.5, 0.6) is 5.75 Å². The fraction of sp³-hybridized carbons (Fsp3) is 0.190. The summed E-state index contributed by atoms with van der Waals surface area (Å²) in [6.45, 7) is 3.99. The van der Waals surface area contributed by atoms with Crippen molar-refractivity contribution in [2.24, 2.45) is 0 Å². The number of pyridine rings is 1. The average Bonchev–Trinajstić information content (AvgIpc) is 2.72. The zero-order chi connectivity index (χ0) is 18.5. The van der Waals surface area contributed by atoms with Gasteiger partial charge in [-0.2, -0.15) is 0 Å². The summed E-state index contributed by atoms with van der Waals surface area (Å²) >= 11 is 1.60. The number of aromatic nitrogens is 3.